The molecule has 2 aliphatic carbocycles. The van der Waals surface area contributed by atoms with Gasteiger partial charge in [-0.3, -0.25) is 0 Å². The van der Waals surface area contributed by atoms with E-state index in [1.165, 1.54) is 69.6 Å². The van der Waals surface area contributed by atoms with Crippen LogP contribution in [-0.2, 0) is 6.61 Å². The van der Waals surface area contributed by atoms with Crippen LogP contribution in [0.2, 0.25) is 0 Å². The molecule has 0 aliphatic heterocycles. The first-order chi connectivity index (χ1) is 15.1. The van der Waals surface area contributed by atoms with Gasteiger partial charge < -0.3 is 4.74 Å². The van der Waals surface area contributed by atoms with Crippen LogP contribution in [0, 0.1) is 29.4 Å². The molecule has 0 bridgehead atoms. The van der Waals surface area contributed by atoms with E-state index in [2.05, 4.69) is 6.92 Å². The van der Waals surface area contributed by atoms with Gasteiger partial charge in [0.15, 0.2) is 0 Å². The van der Waals surface area contributed by atoms with Gasteiger partial charge in [-0.2, -0.15) is 0 Å². The van der Waals surface area contributed by atoms with E-state index in [9.17, 15) is 8.78 Å². The zero-order valence-corrected chi connectivity index (χ0v) is 18.8. The molecule has 1 nitrogen and oxygen atoms in total. The van der Waals surface area contributed by atoms with Gasteiger partial charge in [-0.15, -0.1) is 0 Å². The summed E-state index contributed by atoms with van der Waals surface area (Å²) in [6.45, 7) is 2.55. The van der Waals surface area contributed by atoms with Gasteiger partial charge in [0, 0.05) is 6.07 Å². The van der Waals surface area contributed by atoms with Crippen molar-refractivity contribution in [1.29, 1.82) is 0 Å². The number of ether oxygens (including phenoxy) is 1. The average molecular weight is 427 g/mol. The van der Waals surface area contributed by atoms with Crippen LogP contribution in [0.15, 0.2) is 42.5 Å². The van der Waals surface area contributed by atoms with Crippen molar-refractivity contribution in [2.24, 2.45) is 17.8 Å². The minimum absolute atomic E-state index is 0.244. The second-order valence-corrected chi connectivity index (χ2v) is 9.82. The Kier molecular flexibility index (Phi) is 7.63. The van der Waals surface area contributed by atoms with Crippen LogP contribution in [-0.4, -0.2) is 0 Å². The first-order valence-corrected chi connectivity index (χ1v) is 12.3. The Balaban J connectivity index is 1.31. The van der Waals surface area contributed by atoms with Crippen LogP contribution in [0.5, 0.6) is 5.75 Å². The predicted molar refractivity (Wildman–Crippen MR) is 122 cm³/mol. The Bertz CT molecular complexity index is 833. The normalized spacial score (nSPS) is 26.5. The van der Waals surface area contributed by atoms with Gasteiger partial charge in [-0.05, 0) is 97.6 Å². The third-order valence-electron chi connectivity index (χ3n) is 7.69. The molecule has 0 radical (unpaired) electrons. The molecule has 0 unspecified atom stereocenters. The Morgan fingerprint density at radius 2 is 1.52 bits per heavy atom. The molecule has 2 saturated carbocycles. The predicted octanol–water partition coefficient (Wildman–Crippen LogP) is 8.42. The van der Waals surface area contributed by atoms with Crippen molar-refractivity contribution in [3.63, 3.8) is 0 Å². The molecular weight excluding hydrogens is 390 g/mol. The molecule has 2 fully saturated rings. The largest absolute Gasteiger partial charge is 0.489 e. The van der Waals surface area contributed by atoms with Gasteiger partial charge in [-0.1, -0.05) is 44.7 Å². The smallest absolute Gasteiger partial charge is 0.127 e. The molecule has 4 rings (SSSR count). The van der Waals surface area contributed by atoms with Crippen LogP contribution in [0.3, 0.4) is 0 Å². The van der Waals surface area contributed by atoms with E-state index in [-0.39, 0.29) is 18.2 Å². The van der Waals surface area contributed by atoms with Crippen LogP contribution >= 0.6 is 0 Å². The molecule has 2 aromatic rings. The second kappa shape index (κ2) is 10.6. The fraction of sp³-hybridized carbons (Fsp3) is 0.571. The van der Waals surface area contributed by atoms with Crippen LogP contribution in [0.25, 0.3) is 0 Å². The zero-order chi connectivity index (χ0) is 21.6. The molecule has 0 amide bonds. The number of hydrogen-bond donors (Lipinski definition) is 0. The van der Waals surface area contributed by atoms with E-state index in [0.29, 0.717) is 11.7 Å². The molecule has 0 heterocycles. The lowest BCUT2D eigenvalue weighted by Gasteiger charge is -2.38. The molecule has 31 heavy (non-hydrogen) atoms. The Hall–Kier alpha value is -1.90. The van der Waals surface area contributed by atoms with Gasteiger partial charge in [-0.25, -0.2) is 8.78 Å². The van der Waals surface area contributed by atoms with Crippen molar-refractivity contribution in [3.05, 3.63) is 65.2 Å². The van der Waals surface area contributed by atoms with E-state index < -0.39 is 0 Å². The van der Waals surface area contributed by atoms with Crippen LogP contribution in [0.1, 0.15) is 88.2 Å². The monoisotopic (exact) mass is 426 g/mol. The molecular formula is C28H36F2O. The van der Waals surface area contributed by atoms with E-state index >= 15 is 0 Å². The lowest BCUT2D eigenvalue weighted by molar-refractivity contribution is 0.156. The highest BCUT2D eigenvalue weighted by atomic mass is 19.1. The summed E-state index contributed by atoms with van der Waals surface area (Å²) in [5, 5.41) is 0. The summed E-state index contributed by atoms with van der Waals surface area (Å²) in [6.07, 6.45) is 13.2. The minimum Gasteiger partial charge on any atom is -0.489 e. The molecule has 0 aromatic heterocycles. The maximum Gasteiger partial charge on any atom is 0.127 e. The van der Waals surface area contributed by atoms with Crippen molar-refractivity contribution in [3.8, 4) is 5.75 Å². The summed E-state index contributed by atoms with van der Waals surface area (Å²) in [7, 11) is 0. The fourth-order valence-corrected chi connectivity index (χ4v) is 5.98. The molecule has 0 saturated heterocycles. The van der Waals surface area contributed by atoms with Crippen molar-refractivity contribution in [2.75, 3.05) is 0 Å². The van der Waals surface area contributed by atoms with E-state index in [0.717, 1.165) is 41.7 Å². The van der Waals surface area contributed by atoms with Crippen molar-refractivity contribution in [2.45, 2.75) is 83.7 Å². The summed E-state index contributed by atoms with van der Waals surface area (Å²) in [5.74, 6) is 3.16. The number of benzene rings is 2. The van der Waals surface area contributed by atoms with Crippen LogP contribution < -0.4 is 4.74 Å². The second-order valence-electron chi connectivity index (χ2n) is 9.82. The summed E-state index contributed by atoms with van der Waals surface area (Å²) in [4.78, 5) is 0. The van der Waals surface area contributed by atoms with Gasteiger partial charge >= 0.3 is 0 Å². The molecule has 2 aliphatic rings. The number of rotatable bonds is 7. The third kappa shape index (κ3) is 6.08. The van der Waals surface area contributed by atoms with Gasteiger partial charge in [0.1, 0.15) is 24.0 Å². The van der Waals surface area contributed by atoms with E-state index in [4.69, 9.17) is 4.74 Å². The molecule has 0 atom stereocenters. The molecule has 0 N–H and O–H groups in total. The van der Waals surface area contributed by atoms with E-state index in [1.54, 1.807) is 12.1 Å². The zero-order valence-electron chi connectivity index (χ0n) is 18.8. The van der Waals surface area contributed by atoms with Crippen molar-refractivity contribution in [1.82, 2.24) is 0 Å². The third-order valence-corrected chi connectivity index (χ3v) is 7.69. The summed E-state index contributed by atoms with van der Waals surface area (Å²) >= 11 is 0. The Labute approximate surface area is 186 Å². The van der Waals surface area contributed by atoms with Crippen LogP contribution in [0.4, 0.5) is 8.78 Å². The van der Waals surface area contributed by atoms with Crippen molar-refractivity contribution < 1.29 is 13.5 Å². The van der Waals surface area contributed by atoms with Gasteiger partial charge in [0.2, 0.25) is 0 Å². The summed E-state index contributed by atoms with van der Waals surface area (Å²) < 4.78 is 33.5. The summed E-state index contributed by atoms with van der Waals surface area (Å²) in [5.41, 5.74) is 1.80. The average Bonchev–Trinajstić information content (AvgIpc) is 2.78. The standard InChI is InChI=1S/C28H36F2O/c1-2-4-20-7-9-22(10-8-20)23-11-13-24(14-12-23)25-16-27(30)18-28(17-25)31-19-21-5-3-6-26(29)15-21/h3,5-6,15-18,20,22-24H,2,4,7-14,19H2,1H3. The fourth-order valence-electron chi connectivity index (χ4n) is 5.98. The highest BCUT2D eigenvalue weighted by molar-refractivity contribution is 5.32. The maximum absolute atomic E-state index is 14.3. The topological polar surface area (TPSA) is 9.23 Å². The molecule has 3 heteroatoms. The maximum atomic E-state index is 14.3. The van der Waals surface area contributed by atoms with Gasteiger partial charge in [0.25, 0.3) is 0 Å². The highest BCUT2D eigenvalue weighted by Crippen LogP contribution is 2.44. The molecule has 2 aromatic carbocycles. The number of halogens is 2. The number of hydrogen-bond acceptors (Lipinski definition) is 1. The van der Waals surface area contributed by atoms with Crippen molar-refractivity contribution >= 4 is 0 Å². The molecule has 168 valence electrons. The lowest BCUT2D eigenvalue weighted by Crippen LogP contribution is -2.25. The van der Waals surface area contributed by atoms with E-state index in [1.807, 2.05) is 12.1 Å². The Morgan fingerprint density at radius 1 is 0.806 bits per heavy atom. The Morgan fingerprint density at radius 3 is 2.19 bits per heavy atom. The first kappa shape index (κ1) is 22.3. The first-order valence-electron chi connectivity index (χ1n) is 12.3. The summed E-state index contributed by atoms with van der Waals surface area (Å²) in [6, 6.07) is 11.5. The highest BCUT2D eigenvalue weighted by Gasteiger charge is 2.31. The quantitative estimate of drug-likeness (QED) is 0.432. The molecule has 0 spiro atoms. The lowest BCUT2D eigenvalue weighted by atomic mass is 9.68. The minimum atomic E-state index is -0.281. The SMILES string of the molecule is CCCC1CCC(C2CCC(c3cc(F)cc(OCc4cccc(F)c4)c3)CC2)CC1. The van der Waals surface area contributed by atoms with Gasteiger partial charge in [0.05, 0.1) is 0 Å².